The first-order valence-electron chi connectivity index (χ1n) is 8.31. The molecule has 0 saturated carbocycles. The maximum absolute atomic E-state index is 12.6. The first-order valence-corrected chi connectivity index (χ1v) is 8.31. The Hall–Kier alpha value is -2.83. The van der Waals surface area contributed by atoms with Gasteiger partial charge in [0.2, 0.25) is 5.91 Å². The van der Waals surface area contributed by atoms with Crippen molar-refractivity contribution in [3.05, 3.63) is 62.9 Å². The number of carbonyl (C=O) groups excluding carboxylic acids is 1. The normalized spacial score (nSPS) is 16.8. The molecule has 1 aromatic heterocycles. The van der Waals surface area contributed by atoms with Crippen molar-refractivity contribution in [2.45, 2.75) is 31.8 Å². The van der Waals surface area contributed by atoms with Gasteiger partial charge in [-0.15, -0.1) is 0 Å². The largest absolute Gasteiger partial charge is 0.497 e. The lowest BCUT2D eigenvalue weighted by Crippen LogP contribution is -2.33. The monoisotopic (exact) mass is 343 g/mol. The number of benzene rings is 1. The molecule has 1 aromatic carbocycles. The predicted octanol–water partition coefficient (Wildman–Crippen LogP) is 1.30. The van der Waals surface area contributed by atoms with Crippen molar-refractivity contribution in [2.24, 2.45) is 0 Å². The van der Waals surface area contributed by atoms with Crippen LogP contribution in [-0.4, -0.2) is 34.0 Å². The van der Waals surface area contributed by atoms with Crippen LogP contribution in [-0.2, 0) is 11.3 Å². The number of rotatable bonds is 5. The van der Waals surface area contributed by atoms with Gasteiger partial charge in [-0.2, -0.15) is 0 Å². The van der Waals surface area contributed by atoms with E-state index < -0.39 is 11.2 Å². The van der Waals surface area contributed by atoms with Gasteiger partial charge in [0.15, 0.2) is 0 Å². The third-order valence-corrected chi connectivity index (χ3v) is 4.52. The number of amides is 1. The Labute approximate surface area is 144 Å². The fraction of sp³-hybridized carbons (Fsp3) is 0.389. The van der Waals surface area contributed by atoms with Gasteiger partial charge in [-0.25, -0.2) is 4.79 Å². The molecule has 1 aliphatic heterocycles. The molecule has 1 saturated heterocycles. The summed E-state index contributed by atoms with van der Waals surface area (Å²) in [5.74, 6) is 0.778. The summed E-state index contributed by atoms with van der Waals surface area (Å²) in [5.41, 5.74) is 0.127. The molecule has 0 spiro atoms. The fourth-order valence-electron chi connectivity index (χ4n) is 3.24. The summed E-state index contributed by atoms with van der Waals surface area (Å²) < 4.78 is 6.61. The topological polar surface area (TPSA) is 84.4 Å². The summed E-state index contributed by atoms with van der Waals surface area (Å²) in [7, 11) is 1.62. The van der Waals surface area contributed by atoms with Crippen molar-refractivity contribution in [2.75, 3.05) is 13.7 Å². The Morgan fingerprint density at radius 2 is 2.16 bits per heavy atom. The van der Waals surface area contributed by atoms with Crippen molar-refractivity contribution < 1.29 is 9.53 Å². The standard InChI is InChI=1S/C18H21N3O4/c1-25-14-5-2-4-13(12-14)15-6-3-9-21(15)17(23)8-11-20-10-7-16(22)19-18(20)24/h2,4-5,7,10,12,15H,3,6,8-9,11H2,1H3,(H,19,22,24)/t15-/m0/s1. The van der Waals surface area contributed by atoms with E-state index >= 15 is 0 Å². The number of aromatic amines is 1. The van der Waals surface area contributed by atoms with Gasteiger partial charge in [0.25, 0.3) is 5.56 Å². The van der Waals surface area contributed by atoms with Crippen molar-refractivity contribution >= 4 is 5.91 Å². The molecular formula is C18H21N3O4. The Bertz CT molecular complexity index is 871. The van der Waals surface area contributed by atoms with Crippen LogP contribution in [0.1, 0.15) is 30.9 Å². The van der Waals surface area contributed by atoms with Crippen molar-refractivity contribution in [1.29, 1.82) is 0 Å². The molecular weight excluding hydrogens is 322 g/mol. The van der Waals surface area contributed by atoms with Gasteiger partial charge in [0.05, 0.1) is 13.2 Å². The van der Waals surface area contributed by atoms with Crippen LogP contribution < -0.4 is 16.0 Å². The highest BCUT2D eigenvalue weighted by molar-refractivity contribution is 5.77. The Balaban J connectivity index is 1.70. The van der Waals surface area contributed by atoms with Crippen LogP contribution in [0.5, 0.6) is 5.75 Å². The van der Waals surface area contributed by atoms with Crippen LogP contribution in [0.15, 0.2) is 46.1 Å². The lowest BCUT2D eigenvalue weighted by molar-refractivity contribution is -0.132. The van der Waals surface area contributed by atoms with E-state index in [9.17, 15) is 14.4 Å². The predicted molar refractivity (Wildman–Crippen MR) is 92.6 cm³/mol. The van der Waals surface area contributed by atoms with E-state index in [0.29, 0.717) is 6.54 Å². The first-order chi connectivity index (χ1) is 12.1. The van der Waals surface area contributed by atoms with Gasteiger partial charge in [-0.05, 0) is 30.5 Å². The molecule has 3 rings (SSSR count). The highest BCUT2D eigenvalue weighted by atomic mass is 16.5. The lowest BCUT2D eigenvalue weighted by atomic mass is 10.0. The highest BCUT2D eigenvalue weighted by Crippen LogP contribution is 2.33. The third-order valence-electron chi connectivity index (χ3n) is 4.52. The number of nitrogens with zero attached hydrogens (tertiary/aromatic N) is 2. The van der Waals surface area contributed by atoms with Gasteiger partial charge in [0.1, 0.15) is 5.75 Å². The number of nitrogens with one attached hydrogen (secondary N) is 1. The average molecular weight is 343 g/mol. The molecule has 2 heterocycles. The van der Waals surface area contributed by atoms with Crippen LogP contribution in [0, 0.1) is 0 Å². The zero-order valence-corrected chi connectivity index (χ0v) is 14.1. The maximum Gasteiger partial charge on any atom is 0.328 e. The molecule has 0 radical (unpaired) electrons. The van der Waals surface area contributed by atoms with E-state index in [1.54, 1.807) is 7.11 Å². The number of H-pyrrole nitrogens is 1. The molecule has 7 heteroatoms. The molecule has 132 valence electrons. The number of carbonyl (C=O) groups is 1. The summed E-state index contributed by atoms with van der Waals surface area (Å²) in [6, 6.07) is 9.09. The quantitative estimate of drug-likeness (QED) is 0.887. The number of likely N-dealkylation sites (tertiary alicyclic amines) is 1. The molecule has 1 amide bonds. The van der Waals surface area contributed by atoms with Crippen molar-refractivity contribution in [3.8, 4) is 5.75 Å². The average Bonchev–Trinajstić information content (AvgIpc) is 3.10. The molecule has 1 fully saturated rings. The Kier molecular flexibility index (Phi) is 5.02. The number of hydrogen-bond acceptors (Lipinski definition) is 4. The van der Waals surface area contributed by atoms with Gasteiger partial charge in [0, 0.05) is 31.8 Å². The van der Waals surface area contributed by atoms with Gasteiger partial charge >= 0.3 is 5.69 Å². The summed E-state index contributed by atoms with van der Waals surface area (Å²) >= 11 is 0. The second-order valence-electron chi connectivity index (χ2n) is 6.08. The summed E-state index contributed by atoms with van der Waals surface area (Å²) in [6.07, 6.45) is 3.49. The van der Waals surface area contributed by atoms with Gasteiger partial charge in [-0.3, -0.25) is 14.6 Å². The van der Waals surface area contributed by atoms with E-state index in [4.69, 9.17) is 4.74 Å². The van der Waals surface area contributed by atoms with E-state index in [2.05, 4.69) is 4.98 Å². The number of methoxy groups -OCH3 is 1. The fourth-order valence-corrected chi connectivity index (χ4v) is 3.24. The van der Waals surface area contributed by atoms with Crippen LogP contribution in [0.25, 0.3) is 0 Å². The van der Waals surface area contributed by atoms with Gasteiger partial charge in [-0.1, -0.05) is 12.1 Å². The second kappa shape index (κ2) is 7.38. The summed E-state index contributed by atoms with van der Waals surface area (Å²) in [5, 5.41) is 0. The molecule has 1 atom stereocenters. The van der Waals surface area contributed by atoms with Crippen LogP contribution in [0.2, 0.25) is 0 Å². The van der Waals surface area contributed by atoms with E-state index in [1.165, 1.54) is 16.8 Å². The second-order valence-corrected chi connectivity index (χ2v) is 6.08. The smallest absolute Gasteiger partial charge is 0.328 e. The molecule has 1 aliphatic rings. The minimum Gasteiger partial charge on any atom is -0.497 e. The zero-order valence-electron chi connectivity index (χ0n) is 14.1. The van der Waals surface area contributed by atoms with Crippen LogP contribution in [0.3, 0.4) is 0 Å². The zero-order chi connectivity index (χ0) is 17.8. The highest BCUT2D eigenvalue weighted by Gasteiger charge is 2.29. The van der Waals surface area contributed by atoms with E-state index in [0.717, 1.165) is 24.2 Å². The minimum atomic E-state index is -0.494. The first kappa shape index (κ1) is 17.0. The van der Waals surface area contributed by atoms with E-state index in [1.807, 2.05) is 29.2 Å². The van der Waals surface area contributed by atoms with Crippen molar-refractivity contribution in [3.63, 3.8) is 0 Å². The van der Waals surface area contributed by atoms with E-state index in [-0.39, 0.29) is 24.9 Å². The Morgan fingerprint density at radius 1 is 1.32 bits per heavy atom. The van der Waals surface area contributed by atoms with Crippen LogP contribution >= 0.6 is 0 Å². The number of aromatic nitrogens is 2. The summed E-state index contributed by atoms with van der Waals surface area (Å²) in [4.78, 5) is 39.5. The van der Waals surface area contributed by atoms with Crippen molar-refractivity contribution in [1.82, 2.24) is 14.5 Å². The van der Waals surface area contributed by atoms with Crippen LogP contribution in [0.4, 0.5) is 0 Å². The minimum absolute atomic E-state index is 0.00317. The summed E-state index contributed by atoms with van der Waals surface area (Å²) in [6.45, 7) is 0.955. The molecule has 25 heavy (non-hydrogen) atoms. The lowest BCUT2D eigenvalue weighted by Gasteiger charge is -2.25. The SMILES string of the molecule is COc1cccc([C@@H]2CCCN2C(=O)CCn2ccc(=O)[nH]c2=O)c1. The number of hydrogen-bond donors (Lipinski definition) is 1. The van der Waals surface area contributed by atoms with Gasteiger partial charge < -0.3 is 14.2 Å². The molecule has 7 nitrogen and oxygen atoms in total. The molecule has 0 aliphatic carbocycles. The maximum atomic E-state index is 12.6. The molecule has 0 unspecified atom stereocenters. The third kappa shape index (κ3) is 3.81. The molecule has 1 N–H and O–H groups in total. The molecule has 2 aromatic rings. The Morgan fingerprint density at radius 3 is 2.92 bits per heavy atom. The number of aryl methyl sites for hydroxylation is 1. The number of ether oxygens (including phenoxy) is 1. The molecule has 0 bridgehead atoms.